The fourth-order valence-electron chi connectivity index (χ4n) is 3.14. The van der Waals surface area contributed by atoms with Crippen LogP contribution in [-0.4, -0.2) is 36.3 Å². The zero-order valence-corrected chi connectivity index (χ0v) is 16.9. The van der Waals surface area contributed by atoms with Gasteiger partial charge < -0.3 is 15.4 Å². The highest BCUT2D eigenvalue weighted by atomic mass is 32.2. The molecule has 0 saturated carbocycles. The number of ether oxygens (including phenoxy) is 1. The summed E-state index contributed by atoms with van der Waals surface area (Å²) in [5.74, 6) is 3.43. The Morgan fingerprint density at radius 1 is 1.07 bits per heavy atom. The van der Waals surface area contributed by atoms with Gasteiger partial charge in [-0.05, 0) is 42.0 Å². The van der Waals surface area contributed by atoms with E-state index < -0.39 is 0 Å². The van der Waals surface area contributed by atoms with Crippen LogP contribution >= 0.6 is 11.8 Å². The molecule has 2 N–H and O–H groups in total. The Bertz CT molecular complexity index is 1010. The summed E-state index contributed by atoms with van der Waals surface area (Å²) in [6.07, 6.45) is 8.02. The number of nitrogens with two attached hydrogens (primary N) is 1. The molecule has 5 nitrogen and oxygen atoms in total. The van der Waals surface area contributed by atoms with Crippen molar-refractivity contribution >= 4 is 23.1 Å². The fraction of sp³-hybridized carbons (Fsp3) is 0.217. The van der Waals surface area contributed by atoms with Gasteiger partial charge in [0.05, 0.1) is 18.8 Å². The van der Waals surface area contributed by atoms with Crippen LogP contribution in [0.15, 0.2) is 64.6 Å². The third-order valence-electron chi connectivity index (χ3n) is 4.73. The Morgan fingerprint density at radius 3 is 2.48 bits per heavy atom. The van der Waals surface area contributed by atoms with Gasteiger partial charge in [0.15, 0.2) is 0 Å². The molecule has 146 valence electrons. The average molecular weight is 403 g/mol. The Labute approximate surface area is 175 Å². The summed E-state index contributed by atoms with van der Waals surface area (Å²) in [5.41, 5.74) is 9.58. The molecule has 1 saturated heterocycles. The largest absolute Gasteiger partial charge is 0.399 e. The van der Waals surface area contributed by atoms with Crippen LogP contribution in [0.3, 0.4) is 0 Å². The van der Waals surface area contributed by atoms with Crippen LogP contribution < -0.4 is 10.6 Å². The molecule has 1 fully saturated rings. The molecule has 0 amide bonds. The first kappa shape index (κ1) is 19.3. The molecule has 1 aliphatic rings. The van der Waals surface area contributed by atoms with Gasteiger partial charge in [-0.1, -0.05) is 29.8 Å². The van der Waals surface area contributed by atoms with E-state index in [1.807, 2.05) is 24.3 Å². The summed E-state index contributed by atoms with van der Waals surface area (Å²) in [7, 11) is 0. The lowest BCUT2D eigenvalue weighted by molar-refractivity contribution is 0.122. The van der Waals surface area contributed by atoms with Crippen LogP contribution in [0.4, 0.5) is 11.4 Å². The number of aromatic nitrogens is 2. The molecule has 0 spiro atoms. The van der Waals surface area contributed by atoms with Crippen molar-refractivity contribution in [2.45, 2.75) is 16.3 Å². The third-order valence-corrected chi connectivity index (χ3v) is 5.74. The maximum absolute atomic E-state index is 5.77. The fourth-order valence-corrected chi connectivity index (χ4v) is 4.01. The molecule has 6 heteroatoms. The van der Waals surface area contributed by atoms with E-state index in [4.69, 9.17) is 21.9 Å². The number of morpholine rings is 1. The van der Waals surface area contributed by atoms with Gasteiger partial charge in [-0.25, -0.2) is 9.97 Å². The van der Waals surface area contributed by atoms with E-state index in [9.17, 15) is 0 Å². The number of benzene rings is 2. The molecule has 2 aromatic carbocycles. The van der Waals surface area contributed by atoms with Crippen molar-refractivity contribution in [2.24, 2.45) is 0 Å². The number of nitrogens with zero attached hydrogens (tertiary/aromatic N) is 3. The molecule has 1 aromatic heterocycles. The van der Waals surface area contributed by atoms with Gasteiger partial charge in [0.25, 0.3) is 0 Å². The first-order valence-electron chi connectivity index (χ1n) is 9.49. The van der Waals surface area contributed by atoms with Crippen LogP contribution in [-0.2, 0) is 11.2 Å². The van der Waals surface area contributed by atoms with E-state index in [1.165, 1.54) is 23.0 Å². The summed E-state index contributed by atoms with van der Waals surface area (Å²) in [6, 6.07) is 16.2. The van der Waals surface area contributed by atoms with Gasteiger partial charge >= 0.3 is 0 Å². The minimum absolute atomic E-state index is 0.656. The van der Waals surface area contributed by atoms with Gasteiger partial charge in [-0.2, -0.15) is 0 Å². The van der Waals surface area contributed by atoms with Gasteiger partial charge in [-0.3, -0.25) is 0 Å². The van der Waals surface area contributed by atoms with Crippen LogP contribution in [0.5, 0.6) is 0 Å². The van der Waals surface area contributed by atoms with Crippen molar-refractivity contribution in [2.75, 3.05) is 36.9 Å². The van der Waals surface area contributed by atoms with Crippen molar-refractivity contribution in [1.82, 2.24) is 9.97 Å². The minimum Gasteiger partial charge on any atom is -0.399 e. The molecule has 3 aromatic rings. The Balaban J connectivity index is 1.49. The zero-order chi connectivity index (χ0) is 20.1. The predicted molar refractivity (Wildman–Crippen MR) is 117 cm³/mol. The second-order valence-corrected chi connectivity index (χ2v) is 7.83. The first-order chi connectivity index (χ1) is 14.2. The second kappa shape index (κ2) is 8.99. The van der Waals surface area contributed by atoms with E-state index in [0.717, 1.165) is 47.7 Å². The van der Waals surface area contributed by atoms with Crippen molar-refractivity contribution in [3.05, 3.63) is 71.7 Å². The monoisotopic (exact) mass is 402 g/mol. The molecule has 0 aliphatic carbocycles. The van der Waals surface area contributed by atoms with Crippen molar-refractivity contribution in [3.63, 3.8) is 0 Å². The summed E-state index contributed by atoms with van der Waals surface area (Å²) >= 11 is 1.53. The molecular formula is C23H22N4OS. The maximum Gasteiger partial charge on any atom is 0.134 e. The lowest BCUT2D eigenvalue weighted by Gasteiger charge is -2.28. The summed E-state index contributed by atoms with van der Waals surface area (Å²) in [4.78, 5) is 12.6. The van der Waals surface area contributed by atoms with Crippen LogP contribution in [0.1, 0.15) is 17.0 Å². The molecule has 29 heavy (non-hydrogen) atoms. The Hall–Kier alpha value is -3.01. The molecule has 0 bridgehead atoms. The van der Waals surface area contributed by atoms with Gasteiger partial charge in [0, 0.05) is 42.0 Å². The number of hydrogen-bond acceptors (Lipinski definition) is 6. The summed E-state index contributed by atoms with van der Waals surface area (Å²) in [6.45, 7) is 3.43. The topological polar surface area (TPSA) is 64.3 Å². The standard InChI is InChI=1S/C23H22N4OS/c1-2-18-16-25-22(26-23(18)29-21-9-5-19(24)6-10-21)15-17-3-7-20(8-4-17)27-11-13-28-14-12-27/h1,3-10,16H,11-15,24H2. The quantitative estimate of drug-likeness (QED) is 0.400. The molecular weight excluding hydrogens is 380 g/mol. The van der Waals surface area contributed by atoms with Crippen LogP contribution in [0.2, 0.25) is 0 Å². The van der Waals surface area contributed by atoms with Gasteiger partial charge in [0.2, 0.25) is 0 Å². The minimum atomic E-state index is 0.656. The third kappa shape index (κ3) is 4.89. The second-order valence-electron chi connectivity index (χ2n) is 6.76. The molecule has 1 aliphatic heterocycles. The van der Waals surface area contributed by atoms with Crippen molar-refractivity contribution in [3.8, 4) is 12.3 Å². The Kier molecular flexibility index (Phi) is 5.99. The maximum atomic E-state index is 5.77. The summed E-state index contributed by atoms with van der Waals surface area (Å²) in [5, 5.41) is 0.784. The molecule has 0 atom stereocenters. The average Bonchev–Trinajstić information content (AvgIpc) is 2.77. The highest BCUT2D eigenvalue weighted by Gasteiger charge is 2.12. The molecule has 4 rings (SSSR count). The normalized spacial score (nSPS) is 13.8. The number of hydrogen-bond donors (Lipinski definition) is 1. The van der Waals surface area contributed by atoms with E-state index in [1.54, 1.807) is 6.20 Å². The highest BCUT2D eigenvalue weighted by Crippen LogP contribution is 2.29. The van der Waals surface area contributed by atoms with Crippen LogP contribution in [0.25, 0.3) is 0 Å². The SMILES string of the molecule is C#Cc1cnc(Cc2ccc(N3CCOCC3)cc2)nc1Sc1ccc(N)cc1. The van der Waals surface area contributed by atoms with Crippen molar-refractivity contribution in [1.29, 1.82) is 0 Å². The van der Waals surface area contributed by atoms with Gasteiger partial charge in [-0.15, -0.1) is 6.42 Å². The molecule has 2 heterocycles. The van der Waals surface area contributed by atoms with Crippen molar-refractivity contribution < 1.29 is 4.74 Å². The predicted octanol–water partition coefficient (Wildman–Crippen LogP) is 3.62. The number of nitrogen functional groups attached to an aromatic ring is 1. The van der Waals surface area contributed by atoms with Crippen LogP contribution in [0, 0.1) is 12.3 Å². The first-order valence-corrected chi connectivity index (χ1v) is 10.3. The molecule has 0 radical (unpaired) electrons. The number of terminal acetylenes is 1. The zero-order valence-electron chi connectivity index (χ0n) is 16.0. The smallest absolute Gasteiger partial charge is 0.134 e. The number of rotatable bonds is 5. The lowest BCUT2D eigenvalue weighted by atomic mass is 10.1. The lowest BCUT2D eigenvalue weighted by Crippen LogP contribution is -2.36. The van der Waals surface area contributed by atoms with Gasteiger partial charge in [0.1, 0.15) is 10.9 Å². The highest BCUT2D eigenvalue weighted by molar-refractivity contribution is 7.99. The van der Waals surface area contributed by atoms with E-state index in [-0.39, 0.29) is 0 Å². The Morgan fingerprint density at radius 2 is 1.79 bits per heavy atom. The van der Waals surface area contributed by atoms with E-state index in [0.29, 0.717) is 12.0 Å². The summed E-state index contributed by atoms with van der Waals surface area (Å²) < 4.78 is 5.42. The van der Waals surface area contributed by atoms with E-state index in [2.05, 4.69) is 40.1 Å². The number of anilines is 2. The van der Waals surface area contributed by atoms with E-state index >= 15 is 0 Å². The molecule has 0 unspecified atom stereocenters.